The molecule has 1 saturated heterocycles. The fraction of sp³-hybridized carbons (Fsp3) is 0.263. The Morgan fingerprint density at radius 3 is 2.44 bits per heavy atom. The van der Waals surface area contributed by atoms with Gasteiger partial charge < -0.3 is 14.8 Å². The highest BCUT2D eigenvalue weighted by Gasteiger charge is 2.45. The molecule has 25 heavy (non-hydrogen) atoms. The third-order valence-corrected chi connectivity index (χ3v) is 4.36. The Morgan fingerprint density at radius 1 is 1.08 bits per heavy atom. The molecule has 6 heteroatoms. The summed E-state index contributed by atoms with van der Waals surface area (Å²) >= 11 is 0. The molecule has 1 heterocycles. The molecule has 6 nitrogen and oxygen atoms in total. The summed E-state index contributed by atoms with van der Waals surface area (Å²) in [5.74, 6) is 0.875. The number of carbonyl (C=O) groups excluding carboxylic acids is 2. The van der Waals surface area contributed by atoms with Crippen molar-refractivity contribution in [1.29, 1.82) is 0 Å². The Kier molecular flexibility index (Phi) is 4.61. The van der Waals surface area contributed by atoms with Crippen molar-refractivity contribution in [2.45, 2.75) is 18.9 Å². The molecular formula is C19H20N2O4. The van der Waals surface area contributed by atoms with E-state index in [1.54, 1.807) is 13.2 Å². The van der Waals surface area contributed by atoms with Gasteiger partial charge in [-0.3, -0.25) is 10.1 Å². The van der Waals surface area contributed by atoms with Crippen LogP contribution in [0.3, 0.4) is 0 Å². The first-order chi connectivity index (χ1) is 12.1. The largest absolute Gasteiger partial charge is 0.496 e. The monoisotopic (exact) mass is 340 g/mol. The van der Waals surface area contributed by atoms with Gasteiger partial charge in [0.2, 0.25) is 0 Å². The first kappa shape index (κ1) is 16.8. The maximum atomic E-state index is 12.0. The topological polar surface area (TPSA) is 76.7 Å². The predicted octanol–water partition coefficient (Wildman–Crippen LogP) is 2.73. The van der Waals surface area contributed by atoms with Crippen molar-refractivity contribution in [1.82, 2.24) is 10.6 Å². The van der Waals surface area contributed by atoms with Crippen LogP contribution in [-0.4, -0.2) is 31.2 Å². The minimum Gasteiger partial charge on any atom is -0.496 e. The Labute approximate surface area is 146 Å². The zero-order valence-corrected chi connectivity index (χ0v) is 14.2. The van der Waals surface area contributed by atoms with Crippen LogP contribution in [0.25, 0.3) is 11.1 Å². The Morgan fingerprint density at radius 2 is 1.84 bits per heavy atom. The average Bonchev–Trinajstić information content (AvgIpc) is 2.94. The number of imide groups is 1. The Balaban J connectivity index is 1.80. The van der Waals surface area contributed by atoms with Gasteiger partial charge in [-0.2, -0.15) is 0 Å². The standard InChI is InChI=1S/C19H20N2O4/c1-3-19(17(22)20-18(23)21-19)12-25-14-9-10-15(16(11-14)24-2)13-7-5-4-6-8-13/h4-11H,3,12H2,1-2H3,(H2,20,21,22,23). The number of nitrogens with one attached hydrogen (secondary N) is 2. The van der Waals surface area contributed by atoms with Crippen LogP contribution in [0.1, 0.15) is 13.3 Å². The number of ether oxygens (including phenoxy) is 2. The van der Waals surface area contributed by atoms with E-state index in [-0.39, 0.29) is 12.5 Å². The number of hydrogen-bond donors (Lipinski definition) is 2. The Bertz CT molecular complexity index is 791. The number of methoxy groups -OCH3 is 1. The highest BCUT2D eigenvalue weighted by atomic mass is 16.5. The summed E-state index contributed by atoms with van der Waals surface area (Å²) in [4.78, 5) is 23.4. The third kappa shape index (κ3) is 3.28. The SMILES string of the molecule is CCC1(COc2ccc(-c3ccccc3)c(OC)c2)NC(=O)NC1=O. The first-order valence-corrected chi connectivity index (χ1v) is 8.08. The highest BCUT2D eigenvalue weighted by Crippen LogP contribution is 2.33. The average molecular weight is 340 g/mol. The van der Waals surface area contributed by atoms with Crippen LogP contribution < -0.4 is 20.1 Å². The molecule has 0 aliphatic carbocycles. The lowest BCUT2D eigenvalue weighted by Crippen LogP contribution is -2.51. The molecule has 1 fully saturated rings. The van der Waals surface area contributed by atoms with Crippen molar-refractivity contribution < 1.29 is 19.1 Å². The molecule has 0 bridgehead atoms. The number of amides is 3. The first-order valence-electron chi connectivity index (χ1n) is 8.08. The van der Waals surface area contributed by atoms with Crippen LogP contribution in [0.2, 0.25) is 0 Å². The minimum atomic E-state index is -1.04. The Hall–Kier alpha value is -3.02. The number of benzene rings is 2. The van der Waals surface area contributed by atoms with Gasteiger partial charge in [0.1, 0.15) is 18.1 Å². The van der Waals surface area contributed by atoms with E-state index in [0.29, 0.717) is 17.9 Å². The van der Waals surface area contributed by atoms with E-state index < -0.39 is 11.6 Å². The zero-order chi connectivity index (χ0) is 17.9. The van der Waals surface area contributed by atoms with Crippen LogP contribution in [0.15, 0.2) is 48.5 Å². The van der Waals surface area contributed by atoms with E-state index in [1.807, 2.05) is 49.4 Å². The molecule has 130 valence electrons. The number of hydrogen-bond acceptors (Lipinski definition) is 4. The van der Waals surface area contributed by atoms with E-state index in [4.69, 9.17) is 9.47 Å². The van der Waals surface area contributed by atoms with Crippen molar-refractivity contribution in [3.63, 3.8) is 0 Å². The van der Waals surface area contributed by atoms with E-state index in [9.17, 15) is 9.59 Å². The molecule has 0 aromatic heterocycles. The number of rotatable bonds is 6. The summed E-state index contributed by atoms with van der Waals surface area (Å²) in [6.07, 6.45) is 0.434. The second-order valence-corrected chi connectivity index (χ2v) is 5.86. The van der Waals surface area contributed by atoms with E-state index in [0.717, 1.165) is 11.1 Å². The van der Waals surface area contributed by atoms with Crippen LogP contribution >= 0.6 is 0 Å². The van der Waals surface area contributed by atoms with Crippen LogP contribution in [0, 0.1) is 0 Å². The van der Waals surface area contributed by atoms with Crippen LogP contribution in [-0.2, 0) is 4.79 Å². The third-order valence-electron chi connectivity index (χ3n) is 4.36. The van der Waals surface area contributed by atoms with Crippen LogP contribution in [0.5, 0.6) is 11.5 Å². The molecule has 2 aromatic carbocycles. The fourth-order valence-corrected chi connectivity index (χ4v) is 2.80. The van der Waals surface area contributed by atoms with Crippen molar-refractivity contribution in [2.24, 2.45) is 0 Å². The molecule has 1 unspecified atom stereocenters. The number of carbonyl (C=O) groups is 2. The summed E-state index contributed by atoms with van der Waals surface area (Å²) in [5.41, 5.74) is 0.952. The molecule has 2 aromatic rings. The molecule has 0 spiro atoms. The van der Waals surface area contributed by atoms with Crippen molar-refractivity contribution in [3.8, 4) is 22.6 Å². The van der Waals surface area contributed by atoms with Crippen molar-refractivity contribution in [3.05, 3.63) is 48.5 Å². The molecule has 0 saturated carbocycles. The zero-order valence-electron chi connectivity index (χ0n) is 14.2. The molecule has 1 aliphatic rings. The van der Waals surface area contributed by atoms with Gasteiger partial charge in [-0.1, -0.05) is 37.3 Å². The van der Waals surface area contributed by atoms with Crippen LogP contribution in [0.4, 0.5) is 4.79 Å². The van der Waals surface area contributed by atoms with E-state index in [1.165, 1.54) is 0 Å². The molecular weight excluding hydrogens is 320 g/mol. The lowest BCUT2D eigenvalue weighted by atomic mass is 9.98. The maximum Gasteiger partial charge on any atom is 0.322 e. The van der Waals surface area contributed by atoms with E-state index in [2.05, 4.69) is 10.6 Å². The molecule has 0 radical (unpaired) electrons. The summed E-state index contributed by atoms with van der Waals surface area (Å²) in [6.45, 7) is 1.88. The fourth-order valence-electron chi connectivity index (χ4n) is 2.80. The smallest absolute Gasteiger partial charge is 0.322 e. The van der Waals surface area contributed by atoms with Gasteiger partial charge in [0, 0.05) is 11.6 Å². The lowest BCUT2D eigenvalue weighted by Gasteiger charge is -2.24. The summed E-state index contributed by atoms with van der Waals surface area (Å²) in [7, 11) is 1.60. The quantitative estimate of drug-likeness (QED) is 0.793. The van der Waals surface area contributed by atoms with Gasteiger partial charge in [-0.15, -0.1) is 0 Å². The van der Waals surface area contributed by atoms with Gasteiger partial charge in [0.25, 0.3) is 5.91 Å². The van der Waals surface area contributed by atoms with Gasteiger partial charge in [-0.25, -0.2) is 4.79 Å². The van der Waals surface area contributed by atoms with Crippen molar-refractivity contribution in [2.75, 3.05) is 13.7 Å². The molecule has 2 N–H and O–H groups in total. The van der Waals surface area contributed by atoms with Gasteiger partial charge in [0.15, 0.2) is 5.54 Å². The normalized spacial score (nSPS) is 19.3. The van der Waals surface area contributed by atoms with E-state index >= 15 is 0 Å². The predicted molar refractivity (Wildman–Crippen MR) is 93.6 cm³/mol. The number of urea groups is 1. The van der Waals surface area contributed by atoms with Gasteiger partial charge >= 0.3 is 6.03 Å². The highest BCUT2D eigenvalue weighted by molar-refractivity contribution is 6.07. The molecule has 1 aliphatic heterocycles. The molecule has 3 amide bonds. The van der Waals surface area contributed by atoms with Gasteiger partial charge in [0.05, 0.1) is 7.11 Å². The second kappa shape index (κ2) is 6.84. The lowest BCUT2D eigenvalue weighted by molar-refractivity contribution is -0.125. The second-order valence-electron chi connectivity index (χ2n) is 5.86. The molecule has 3 rings (SSSR count). The maximum absolute atomic E-state index is 12.0. The summed E-state index contributed by atoms with van der Waals surface area (Å²) in [5, 5.41) is 4.90. The molecule has 1 atom stereocenters. The van der Waals surface area contributed by atoms with Gasteiger partial charge in [-0.05, 0) is 24.1 Å². The summed E-state index contributed by atoms with van der Waals surface area (Å²) < 4.78 is 11.3. The van der Waals surface area contributed by atoms with Crippen molar-refractivity contribution >= 4 is 11.9 Å². The minimum absolute atomic E-state index is 0.0505. The summed E-state index contributed by atoms with van der Waals surface area (Å²) in [6, 6.07) is 14.9.